The molecule has 0 N–H and O–H groups in total. The molecule has 8 rings (SSSR count). The fourth-order valence-corrected chi connectivity index (χ4v) is 16.1. The predicted molar refractivity (Wildman–Crippen MR) is 515 cm³/mol. The molecule has 8 heterocycles. The molecule has 0 bridgehead atoms. The molecule has 0 aliphatic carbocycles. The van der Waals surface area contributed by atoms with Crippen molar-refractivity contribution in [1.82, 2.24) is 58.4 Å². The Balaban J connectivity index is 0.000000345. The topological polar surface area (TPSA) is 584 Å². The van der Waals surface area contributed by atoms with Crippen molar-refractivity contribution in [3.05, 3.63) is 119 Å². The molecule has 0 aliphatic rings. The van der Waals surface area contributed by atoms with Crippen LogP contribution in [-0.2, 0) is 175 Å². The third kappa shape index (κ3) is 51.7. The number of nitrogens with zero attached hydrogens (tertiary/aromatic N) is 12. The molecule has 0 spiro atoms. The quantitative estimate of drug-likeness (QED) is 0.0112. The number of rotatable bonds is 61. The van der Waals surface area contributed by atoms with Gasteiger partial charge in [0, 0.05) is 36.0 Å². The minimum atomic E-state index is -4.16. The van der Waals surface area contributed by atoms with E-state index < -0.39 is 215 Å². The van der Waals surface area contributed by atoms with Gasteiger partial charge in [0.1, 0.15) is 51.0 Å². The SMILES string of the molecule is Cc1ncnn2c(CCCC(C)OCP(=O)(OCOC(=O)OC(C)C)OCOC(=O)OC(C)C)ccc12.Cc1ncnn2c(CCCC(CF)OCP(=O)(OCOC(=O)OC(C)C)OCOC(=O)OC(C)C)ccc12.Cc1ncnn2c(CCCCOCP(=O)(OCOC(=O)OC(C)C)OCOC(=O)OC(C)C)ccc12.Cc1ncnn2c(CCCOCCP(=O)(OCOC(=O)OC(C)C)OCOC(=O)OC(C)C)ccc12. The maximum atomic E-state index is 13.7. The van der Waals surface area contributed by atoms with Gasteiger partial charge in [-0.3, -0.25) is 54.5 Å². The minimum absolute atomic E-state index is 0.0281. The van der Waals surface area contributed by atoms with Crippen molar-refractivity contribution in [2.75, 3.05) is 106 Å². The molecular formula is C90H139FN12O40P4. The van der Waals surface area contributed by atoms with Crippen molar-refractivity contribution in [2.45, 2.75) is 277 Å². The number of aromatic nitrogens is 12. The maximum Gasteiger partial charge on any atom is 0.510 e. The summed E-state index contributed by atoms with van der Waals surface area (Å²) >= 11 is 0. The van der Waals surface area contributed by atoms with E-state index in [1.165, 1.54) is 25.3 Å². The summed E-state index contributed by atoms with van der Waals surface area (Å²) in [5, 5.41) is 17.1. The number of hydrogen-bond donors (Lipinski definition) is 0. The van der Waals surface area contributed by atoms with E-state index >= 15 is 0 Å². The highest BCUT2D eigenvalue weighted by Crippen LogP contribution is 2.51. The Morgan fingerprint density at radius 2 is 0.537 bits per heavy atom. The van der Waals surface area contributed by atoms with Gasteiger partial charge in [-0.15, -0.1) is 0 Å². The van der Waals surface area contributed by atoms with E-state index in [1.807, 2.05) is 96.7 Å². The molecule has 8 aromatic heterocycles. The third-order valence-electron chi connectivity index (χ3n) is 18.6. The summed E-state index contributed by atoms with van der Waals surface area (Å²) < 4.78 is 213. The van der Waals surface area contributed by atoms with Crippen molar-refractivity contribution in [2.24, 2.45) is 0 Å². The van der Waals surface area contributed by atoms with Crippen LogP contribution >= 0.6 is 30.4 Å². The second-order valence-electron chi connectivity index (χ2n) is 33.7. The molecule has 0 radical (unpaired) electrons. The number of unbranched alkanes of at least 4 members (excludes halogenated alkanes) is 1. The molecule has 8 aromatic rings. The van der Waals surface area contributed by atoms with Crippen molar-refractivity contribution in [3.8, 4) is 0 Å². The van der Waals surface area contributed by atoms with Crippen molar-refractivity contribution >= 4 is 102 Å². The van der Waals surface area contributed by atoms with E-state index in [0.717, 1.165) is 93.3 Å². The molecule has 0 aromatic carbocycles. The lowest BCUT2D eigenvalue weighted by Gasteiger charge is -2.21. The average Bonchev–Trinajstić information content (AvgIpc) is 1.69. The number of hydrogen-bond acceptors (Lipinski definition) is 48. The Hall–Kier alpha value is -11.0. The van der Waals surface area contributed by atoms with Gasteiger partial charge in [0.05, 0.1) is 119 Å². The molecule has 0 saturated heterocycles. The van der Waals surface area contributed by atoms with Gasteiger partial charge in [-0.1, -0.05) is 0 Å². The van der Waals surface area contributed by atoms with Crippen molar-refractivity contribution < 1.29 is 192 Å². The molecule has 0 aliphatic heterocycles. The molecule has 2 atom stereocenters. The first kappa shape index (κ1) is 126. The zero-order valence-electron chi connectivity index (χ0n) is 86.7. The van der Waals surface area contributed by atoms with E-state index in [4.69, 9.17) is 131 Å². The fourth-order valence-electron chi connectivity index (χ4n) is 11.9. The molecule has 0 saturated carbocycles. The van der Waals surface area contributed by atoms with Crippen molar-refractivity contribution in [1.29, 1.82) is 0 Å². The summed E-state index contributed by atoms with van der Waals surface area (Å²) in [6, 6.07) is 15.8. The van der Waals surface area contributed by atoms with E-state index in [9.17, 15) is 61.0 Å². The fraction of sp³-hybridized carbons (Fsp3) is 0.644. The summed E-state index contributed by atoms with van der Waals surface area (Å²) in [7, 11) is -15.9. The second-order valence-corrected chi connectivity index (χ2v) is 41.8. The first-order chi connectivity index (χ1) is 69.7. The predicted octanol–water partition coefficient (Wildman–Crippen LogP) is 18.8. The summed E-state index contributed by atoms with van der Waals surface area (Å²) in [6.07, 6.45) is -1.07. The molecule has 0 fully saturated rings. The van der Waals surface area contributed by atoms with Crippen LogP contribution in [-0.4, -0.2) is 275 Å². The van der Waals surface area contributed by atoms with Crippen LogP contribution in [0.2, 0.25) is 0 Å². The van der Waals surface area contributed by atoms with Gasteiger partial charge in [0.2, 0.25) is 54.3 Å². The van der Waals surface area contributed by atoms with Gasteiger partial charge in [0.25, 0.3) is 0 Å². The number of aryl methyl sites for hydroxylation is 8. The largest absolute Gasteiger partial charge is 0.510 e. The number of alkyl halides is 1. The summed E-state index contributed by atoms with van der Waals surface area (Å²) in [6.45, 7) is 29.7. The van der Waals surface area contributed by atoms with Gasteiger partial charge >= 0.3 is 79.6 Å². The Labute approximate surface area is 850 Å². The first-order valence-corrected chi connectivity index (χ1v) is 53.9. The van der Waals surface area contributed by atoms with E-state index in [2.05, 4.69) is 40.3 Å². The number of ether oxygens (including phenoxy) is 20. The van der Waals surface area contributed by atoms with Crippen LogP contribution in [0, 0.1) is 27.7 Å². The lowest BCUT2D eigenvalue weighted by molar-refractivity contribution is -0.0398. The smallest absolute Gasteiger partial charge is 0.432 e. The van der Waals surface area contributed by atoms with Crippen LogP contribution < -0.4 is 0 Å². The zero-order valence-corrected chi connectivity index (χ0v) is 90.2. The maximum absolute atomic E-state index is 13.7. The highest BCUT2D eigenvalue weighted by atomic mass is 31.2. The van der Waals surface area contributed by atoms with Gasteiger partial charge in [0.15, 0.2) is 0 Å². The lowest BCUT2D eigenvalue weighted by atomic mass is 10.1. The molecular weight excluding hydrogens is 2030 g/mol. The summed E-state index contributed by atoms with van der Waals surface area (Å²) in [5.41, 5.74) is 11.3. The average molecular weight is 2170 g/mol. The normalized spacial score (nSPS) is 12.2. The number of fused-ring (bicyclic) bond motifs is 4. The van der Waals surface area contributed by atoms with E-state index in [0.29, 0.717) is 51.6 Å². The van der Waals surface area contributed by atoms with Crippen LogP contribution in [0.1, 0.15) is 208 Å². The Bertz CT molecular complexity index is 5220. The molecule has 826 valence electrons. The molecule has 52 nitrogen and oxygen atoms in total. The molecule has 147 heavy (non-hydrogen) atoms. The van der Waals surface area contributed by atoms with Gasteiger partial charge in [-0.2, -0.15) is 20.4 Å². The standard InChI is InChI=1S/C23H35FN3O10P.C23H36N3O10P.2C22H34N3O10P/c1-16(2)36-22(28)31-13-34-38(30,35-14-32-23(29)37-17(3)4)15-33-20(11-24)8-6-7-19-9-10-21-18(5)25-12-26-27(19)21;1-16(2)35-22(27)30-13-33-37(29,34-14-31-23(28)36-17(3)4)15-32-18(5)8-7-9-20-10-11-21-19(6)24-12-25-26(20)21;1-16(2)34-21(26)30-14-32-36(28,33-15-31-22(27)35-17(3)4)12-11-29-10-6-7-19-8-9-20-18(5)23-13-24-25(19)20;1-16(2)34-21(26)30-13-32-36(28,33-14-31-22(27)35-17(3)4)15-29-11-7-6-8-19-9-10-20-18(5)23-12-24-25(19)20/h9-10,12,16-17,20H,6-8,11,13-15H2,1-5H3;10-12,16-18H,7-9,13-15H2,1-6H3;8-9,13,16-17H,6-7,10-12,14-15H2,1-5H3;9-10,12,16-17H,6-8,11,13-15H2,1-5H3. The molecule has 2 unspecified atom stereocenters. The summed E-state index contributed by atoms with van der Waals surface area (Å²) in [5.74, 6) is 0. The van der Waals surface area contributed by atoms with E-state index in [1.54, 1.807) is 115 Å². The monoisotopic (exact) mass is 2170 g/mol. The third-order valence-corrected chi connectivity index (χ3v) is 24.7. The second kappa shape index (κ2) is 67.2. The van der Waals surface area contributed by atoms with E-state index in [-0.39, 0.29) is 25.5 Å². The van der Waals surface area contributed by atoms with Crippen LogP contribution in [0.5, 0.6) is 0 Å². The Kier molecular flexibility index (Phi) is 57.8. The minimum Gasteiger partial charge on any atom is -0.432 e. The molecule has 0 amide bonds. The van der Waals surface area contributed by atoms with Crippen LogP contribution in [0.15, 0.2) is 73.8 Å². The van der Waals surface area contributed by atoms with Crippen LogP contribution in [0.3, 0.4) is 0 Å². The number of carbonyl (C=O) groups excluding carboxylic acids is 8. The van der Waals surface area contributed by atoms with Crippen LogP contribution in [0.25, 0.3) is 22.1 Å². The zero-order chi connectivity index (χ0) is 109. The van der Waals surface area contributed by atoms with Gasteiger partial charge in [-0.25, -0.2) is 80.7 Å². The lowest BCUT2D eigenvalue weighted by Crippen LogP contribution is -2.20. The van der Waals surface area contributed by atoms with Crippen molar-refractivity contribution in [3.63, 3.8) is 0 Å². The summed E-state index contributed by atoms with van der Waals surface area (Å²) in [4.78, 5) is 109. The first-order valence-electron chi connectivity index (χ1n) is 47.0. The Morgan fingerprint density at radius 3 is 0.816 bits per heavy atom. The van der Waals surface area contributed by atoms with Gasteiger partial charge < -0.3 is 94.7 Å². The number of halogens is 1. The highest BCUT2D eigenvalue weighted by molar-refractivity contribution is 7.54. The van der Waals surface area contributed by atoms with Gasteiger partial charge in [-0.05, 0) is 265 Å². The Morgan fingerprint density at radius 1 is 0.293 bits per heavy atom. The van der Waals surface area contributed by atoms with Crippen LogP contribution in [0.4, 0.5) is 42.7 Å². The molecule has 57 heteroatoms. The number of carbonyl (C=O) groups is 8. The highest BCUT2D eigenvalue weighted by Gasteiger charge is 2.34.